The molecule has 35 heavy (non-hydrogen) atoms. The molecule has 0 radical (unpaired) electrons. The summed E-state index contributed by atoms with van der Waals surface area (Å²) in [5.74, 6) is -2.15. The van der Waals surface area contributed by atoms with Gasteiger partial charge in [-0.2, -0.15) is 8.42 Å². The zero-order valence-electron chi connectivity index (χ0n) is 20.1. The maximum absolute atomic E-state index is 13.9. The highest BCUT2D eigenvalue weighted by Crippen LogP contribution is 2.45. The summed E-state index contributed by atoms with van der Waals surface area (Å²) >= 11 is 0. The van der Waals surface area contributed by atoms with Crippen LogP contribution >= 0.6 is 0 Å². The second kappa shape index (κ2) is 9.62. The van der Waals surface area contributed by atoms with Crippen molar-refractivity contribution in [2.75, 3.05) is 47.9 Å². The van der Waals surface area contributed by atoms with Crippen LogP contribution in [-0.2, 0) is 14.9 Å². The van der Waals surface area contributed by atoms with E-state index in [1.807, 2.05) is 20.8 Å². The number of carbonyl (C=O) groups is 1. The van der Waals surface area contributed by atoms with Crippen LogP contribution in [0.5, 0.6) is 0 Å². The Morgan fingerprint density at radius 3 is 2.23 bits per heavy atom. The van der Waals surface area contributed by atoms with Crippen molar-refractivity contribution in [1.29, 1.82) is 0 Å². The largest absolute Gasteiger partial charge is 0.444 e. The van der Waals surface area contributed by atoms with E-state index in [1.54, 1.807) is 29.2 Å². The molecule has 11 heteroatoms. The number of nitrogens with zero attached hydrogens (tertiary/aromatic N) is 4. The van der Waals surface area contributed by atoms with Gasteiger partial charge in [-0.3, -0.25) is 9.21 Å². The summed E-state index contributed by atoms with van der Waals surface area (Å²) in [4.78, 5) is 16.1. The van der Waals surface area contributed by atoms with Crippen molar-refractivity contribution in [3.05, 3.63) is 54.1 Å². The molecular formula is C24H30F2N4O4S. The van der Waals surface area contributed by atoms with Gasteiger partial charge in [0.15, 0.2) is 11.6 Å². The van der Waals surface area contributed by atoms with E-state index in [2.05, 4.69) is 4.90 Å². The van der Waals surface area contributed by atoms with E-state index in [4.69, 9.17) is 4.74 Å². The first kappa shape index (κ1) is 25.2. The van der Waals surface area contributed by atoms with Crippen LogP contribution in [-0.4, -0.2) is 69.2 Å². The number of amides is 1. The fraction of sp³-hybridized carbons (Fsp3) is 0.458. The summed E-state index contributed by atoms with van der Waals surface area (Å²) in [7, 11) is -4.02. The monoisotopic (exact) mass is 508 g/mol. The van der Waals surface area contributed by atoms with Crippen LogP contribution in [0.15, 0.2) is 42.5 Å². The Kier molecular flexibility index (Phi) is 6.92. The summed E-state index contributed by atoms with van der Waals surface area (Å²) < 4.78 is 62.0. The molecule has 0 unspecified atom stereocenters. The number of halogens is 2. The molecule has 0 aliphatic carbocycles. The highest BCUT2D eigenvalue weighted by molar-refractivity contribution is 7.95. The minimum atomic E-state index is -4.02. The van der Waals surface area contributed by atoms with Crippen molar-refractivity contribution < 1.29 is 26.7 Å². The lowest BCUT2D eigenvalue weighted by molar-refractivity contribution is 0.0145. The molecule has 1 saturated heterocycles. The average molecular weight is 509 g/mol. The van der Waals surface area contributed by atoms with Crippen LogP contribution in [0.1, 0.15) is 27.2 Å². The molecule has 0 atom stereocenters. The van der Waals surface area contributed by atoms with Gasteiger partial charge in [0.1, 0.15) is 5.60 Å². The zero-order valence-corrected chi connectivity index (χ0v) is 20.9. The van der Waals surface area contributed by atoms with Gasteiger partial charge in [-0.15, -0.1) is 0 Å². The first-order valence-corrected chi connectivity index (χ1v) is 12.9. The first-order chi connectivity index (χ1) is 16.5. The summed E-state index contributed by atoms with van der Waals surface area (Å²) in [5, 5.41) is 0. The van der Waals surface area contributed by atoms with Crippen LogP contribution in [0, 0.1) is 11.6 Å². The Hall–Kier alpha value is -2.92. The van der Waals surface area contributed by atoms with Crippen LogP contribution in [0.4, 0.5) is 30.6 Å². The normalized spacial score (nSPS) is 18.0. The molecule has 1 fully saturated rings. The summed E-state index contributed by atoms with van der Waals surface area (Å²) in [6.45, 7) is 8.81. The molecule has 8 nitrogen and oxygen atoms in total. The molecule has 0 bridgehead atoms. The molecule has 190 valence electrons. The van der Waals surface area contributed by atoms with Crippen LogP contribution in [0.3, 0.4) is 0 Å². The van der Waals surface area contributed by atoms with E-state index in [0.717, 1.165) is 16.4 Å². The Bertz CT molecular complexity index is 1190. The fourth-order valence-corrected chi connectivity index (χ4v) is 5.97. The number of benzene rings is 2. The molecule has 0 N–H and O–H groups in total. The number of ether oxygens (including phenoxy) is 1. The molecule has 2 aromatic carbocycles. The Morgan fingerprint density at radius 1 is 0.943 bits per heavy atom. The van der Waals surface area contributed by atoms with E-state index in [0.29, 0.717) is 50.5 Å². The highest BCUT2D eigenvalue weighted by Gasteiger charge is 2.41. The van der Waals surface area contributed by atoms with Gasteiger partial charge in [0.2, 0.25) is 0 Å². The van der Waals surface area contributed by atoms with E-state index >= 15 is 0 Å². The van der Waals surface area contributed by atoms with E-state index in [-0.39, 0.29) is 18.3 Å². The van der Waals surface area contributed by atoms with Crippen LogP contribution in [0.2, 0.25) is 0 Å². The predicted molar refractivity (Wildman–Crippen MR) is 130 cm³/mol. The lowest BCUT2D eigenvalue weighted by atomic mass is 10.2. The minimum absolute atomic E-state index is 0.0390. The number of anilines is 3. The van der Waals surface area contributed by atoms with Crippen molar-refractivity contribution in [1.82, 2.24) is 9.80 Å². The summed E-state index contributed by atoms with van der Waals surface area (Å²) in [6.07, 6.45) is 0.236. The van der Waals surface area contributed by atoms with E-state index in [9.17, 15) is 22.0 Å². The fourth-order valence-electron chi connectivity index (χ4n) is 4.23. The van der Waals surface area contributed by atoms with Gasteiger partial charge in [0.05, 0.1) is 17.1 Å². The SMILES string of the molecule is CC(C)(C)OC(=O)N1CCN(CCCN2c3ccccc3N(c3ccc(F)c(F)c3)S2(=O)=O)CC1. The lowest BCUT2D eigenvalue weighted by Crippen LogP contribution is -2.50. The van der Waals surface area contributed by atoms with Gasteiger partial charge in [0, 0.05) is 45.3 Å². The molecule has 1 amide bonds. The number of para-hydroxylation sites is 2. The van der Waals surface area contributed by atoms with E-state index < -0.39 is 27.4 Å². The average Bonchev–Trinajstić information content (AvgIpc) is 3.01. The topological polar surface area (TPSA) is 73.4 Å². The molecule has 0 saturated carbocycles. The number of hydrogen-bond donors (Lipinski definition) is 0. The van der Waals surface area contributed by atoms with Crippen molar-refractivity contribution in [2.45, 2.75) is 32.8 Å². The van der Waals surface area contributed by atoms with Crippen molar-refractivity contribution >= 4 is 33.4 Å². The molecule has 0 aromatic heterocycles. The molecule has 2 heterocycles. The van der Waals surface area contributed by atoms with Crippen molar-refractivity contribution in [3.8, 4) is 0 Å². The lowest BCUT2D eigenvalue weighted by Gasteiger charge is -2.35. The first-order valence-electron chi connectivity index (χ1n) is 11.5. The molecular weight excluding hydrogens is 478 g/mol. The van der Waals surface area contributed by atoms with Crippen molar-refractivity contribution in [2.24, 2.45) is 0 Å². The summed E-state index contributed by atoms with van der Waals surface area (Å²) in [5.41, 5.74) is 0.382. The Morgan fingerprint density at radius 2 is 1.60 bits per heavy atom. The maximum atomic E-state index is 13.9. The van der Waals surface area contributed by atoms with Gasteiger partial charge >= 0.3 is 16.3 Å². The quantitative estimate of drug-likeness (QED) is 0.608. The number of carbonyl (C=O) groups excluding carboxylic acids is 1. The zero-order chi connectivity index (χ0) is 25.4. The number of piperazine rings is 1. The number of fused-ring (bicyclic) bond motifs is 1. The standard InChI is InChI=1S/C24H30F2N4O4S/c1-24(2,3)34-23(31)28-15-13-27(14-16-28)11-6-12-29-21-7-4-5-8-22(21)30(35(29,32)33)18-9-10-19(25)20(26)17-18/h4-5,7-10,17H,6,11-16H2,1-3H3. The van der Waals surface area contributed by atoms with Gasteiger partial charge in [0.25, 0.3) is 0 Å². The summed E-state index contributed by atoms with van der Waals surface area (Å²) in [6, 6.07) is 9.84. The van der Waals surface area contributed by atoms with Gasteiger partial charge in [-0.1, -0.05) is 12.1 Å². The van der Waals surface area contributed by atoms with Crippen molar-refractivity contribution in [3.63, 3.8) is 0 Å². The molecule has 0 spiro atoms. The molecule has 2 aliphatic heterocycles. The number of hydrogen-bond acceptors (Lipinski definition) is 5. The Labute approximate surface area is 204 Å². The predicted octanol–water partition coefficient (Wildman–Crippen LogP) is 4.11. The third kappa shape index (κ3) is 5.35. The molecule has 4 rings (SSSR count). The second-order valence-corrected chi connectivity index (χ2v) is 11.3. The Balaban J connectivity index is 1.40. The van der Waals surface area contributed by atoms with Gasteiger partial charge in [-0.25, -0.2) is 17.9 Å². The highest BCUT2D eigenvalue weighted by atomic mass is 32.2. The third-order valence-electron chi connectivity index (χ3n) is 5.88. The van der Waals surface area contributed by atoms with Gasteiger partial charge < -0.3 is 9.64 Å². The minimum Gasteiger partial charge on any atom is -0.444 e. The molecule has 2 aromatic rings. The molecule has 2 aliphatic rings. The smallest absolute Gasteiger partial charge is 0.410 e. The van der Waals surface area contributed by atoms with Crippen LogP contribution < -0.4 is 8.61 Å². The van der Waals surface area contributed by atoms with Gasteiger partial charge in [-0.05, 0) is 51.5 Å². The second-order valence-electron chi connectivity index (χ2n) is 9.59. The third-order valence-corrected chi connectivity index (χ3v) is 7.68. The number of rotatable bonds is 5. The van der Waals surface area contributed by atoms with E-state index in [1.165, 1.54) is 10.4 Å². The maximum Gasteiger partial charge on any atom is 0.410 e. The van der Waals surface area contributed by atoms with Crippen LogP contribution in [0.25, 0.3) is 0 Å².